The van der Waals surface area contributed by atoms with Crippen LogP contribution in [0.5, 0.6) is 0 Å². The van der Waals surface area contributed by atoms with Crippen LogP contribution in [0.4, 0.5) is 0 Å². The fraction of sp³-hybridized carbons (Fsp3) is 0. The van der Waals surface area contributed by atoms with Gasteiger partial charge in [-0.1, -0.05) is 0 Å². The molecule has 0 fully saturated rings. The van der Waals surface area contributed by atoms with Crippen LogP contribution in [-0.2, 0) is 11.3 Å². The third kappa shape index (κ3) is 3.53. The standard InChI is InChI=1S/N2O2S/c1-2-5(3)4/p+1. The van der Waals surface area contributed by atoms with Crippen molar-refractivity contribution in [3.05, 3.63) is 4.38 Å². The molecular formula is HN2O2S+. The van der Waals surface area contributed by atoms with Gasteiger partial charge in [0.2, 0.25) is 5.39 Å². The topological polar surface area (TPSA) is 65.5 Å². The van der Waals surface area contributed by atoms with Crippen LogP contribution in [0, 0.1) is 5.39 Å². The second kappa shape index (κ2) is 1.81. The third-order valence-corrected chi connectivity index (χ3v) is 0.210. The molecular weight excluding hydrogens is 92.1 g/mol. The Kier molecular flexibility index (Phi) is 1.64. The van der Waals surface area contributed by atoms with E-state index in [2.05, 4.69) is 0 Å². The van der Waals surface area contributed by atoms with E-state index in [0.29, 0.717) is 0 Å². The molecule has 1 N–H and O–H groups in total. The van der Waals surface area contributed by atoms with Gasteiger partial charge >= 0.3 is 11.3 Å². The quantitative estimate of drug-likeness (QED) is 0.338. The van der Waals surface area contributed by atoms with Gasteiger partial charge < -0.3 is 0 Å². The van der Waals surface area contributed by atoms with Crippen LogP contribution in [-0.4, -0.2) is 8.76 Å². The zero-order valence-corrected chi connectivity index (χ0v) is 2.97. The van der Waals surface area contributed by atoms with Crippen LogP contribution in [0.15, 0.2) is 0 Å². The molecule has 0 spiro atoms. The summed E-state index contributed by atoms with van der Waals surface area (Å²) >= 11 is -2.39. The summed E-state index contributed by atoms with van der Waals surface area (Å²) in [5, 5.41) is 7.22. The average Bonchev–Trinajstić information content (AvgIpc) is 1.38. The van der Waals surface area contributed by atoms with Crippen molar-refractivity contribution in [3.63, 3.8) is 0 Å². The molecule has 0 amide bonds. The number of hydrogen-bond donors (Lipinski definition) is 1. The Bertz CT molecular complexity index is 80.1. The first-order chi connectivity index (χ1) is 2.27. The molecule has 0 aromatic rings. The van der Waals surface area contributed by atoms with Crippen LogP contribution in [0.3, 0.4) is 0 Å². The highest BCUT2D eigenvalue weighted by molar-refractivity contribution is 7.81. The predicted octanol–water partition coefficient (Wildman–Crippen LogP) is -0.0238. The van der Waals surface area contributed by atoms with Crippen molar-refractivity contribution in [2.75, 3.05) is 0 Å². The van der Waals surface area contributed by atoms with Crippen molar-refractivity contribution in [1.82, 2.24) is 0 Å². The second-order valence-electron chi connectivity index (χ2n) is 0.312. The van der Waals surface area contributed by atoms with E-state index in [9.17, 15) is 0 Å². The highest BCUT2D eigenvalue weighted by Crippen LogP contribution is 1.64. The molecule has 0 aromatic heterocycles. The molecule has 4 nitrogen and oxygen atoms in total. The molecule has 0 rings (SSSR count). The van der Waals surface area contributed by atoms with E-state index in [-0.39, 0.29) is 0 Å². The summed E-state index contributed by atoms with van der Waals surface area (Å²) in [4.78, 5) is 0. The Balaban J connectivity index is 3.35. The zero-order chi connectivity index (χ0) is 4.28. The Morgan fingerprint density at radius 2 is 2.20 bits per heavy atom. The molecule has 1 unspecified atom stereocenters. The van der Waals surface area contributed by atoms with Gasteiger partial charge in [0.25, 0.3) is 4.38 Å². The lowest BCUT2D eigenvalue weighted by atomic mass is 13.4. The van der Waals surface area contributed by atoms with Crippen LogP contribution in [0.2, 0.25) is 0 Å². The van der Waals surface area contributed by atoms with E-state index in [1.54, 1.807) is 0 Å². The Labute approximate surface area is 30.8 Å². The molecule has 0 aliphatic heterocycles. The fourth-order valence-electron chi connectivity index (χ4n) is 0. The predicted molar refractivity (Wildman–Crippen MR) is 15.9 cm³/mol. The average molecular weight is 93.1 g/mol. The van der Waals surface area contributed by atoms with Gasteiger partial charge in [-0.25, -0.2) is 4.55 Å². The zero-order valence-electron chi connectivity index (χ0n) is 2.16. The normalized spacial score (nSPS) is 12.8. The third-order valence-electron chi connectivity index (χ3n) is 0.0698. The van der Waals surface area contributed by atoms with E-state index in [4.69, 9.17) is 14.2 Å². The first-order valence-corrected chi connectivity index (χ1v) is 1.80. The molecule has 28 valence electrons. The van der Waals surface area contributed by atoms with Gasteiger partial charge in [0.05, 0.1) is 0 Å². The summed E-state index contributed by atoms with van der Waals surface area (Å²) in [7, 11) is 0. The lowest BCUT2D eigenvalue weighted by Gasteiger charge is -1.37. The Morgan fingerprint density at radius 3 is 2.20 bits per heavy atom. The van der Waals surface area contributed by atoms with Gasteiger partial charge in [-0.15, -0.1) is 4.21 Å². The first kappa shape index (κ1) is 4.53. The van der Waals surface area contributed by atoms with Crippen LogP contribution >= 0.6 is 0 Å². The maximum atomic E-state index is 9.06. The smallest absolute Gasteiger partial charge is 0.235 e. The molecule has 0 aliphatic carbocycles. The van der Waals surface area contributed by atoms with Crippen LogP contribution < -0.4 is 0 Å². The summed E-state index contributed by atoms with van der Waals surface area (Å²) in [5.74, 6) is 0. The highest BCUT2D eigenvalue weighted by atomic mass is 32.2. The van der Waals surface area contributed by atoms with Gasteiger partial charge in [-0.05, 0) is 0 Å². The van der Waals surface area contributed by atoms with Crippen molar-refractivity contribution < 1.29 is 8.76 Å². The summed E-state index contributed by atoms with van der Waals surface area (Å²) < 4.78 is 18.4. The van der Waals surface area contributed by atoms with E-state index in [1.165, 1.54) is 0 Å². The van der Waals surface area contributed by atoms with Gasteiger partial charge in [0.1, 0.15) is 0 Å². The minimum atomic E-state index is -2.39. The largest absolute Gasteiger partial charge is 0.618 e. The summed E-state index contributed by atoms with van der Waals surface area (Å²) in [6.07, 6.45) is 0. The number of diazo groups is 1. The van der Waals surface area contributed by atoms with E-state index < -0.39 is 11.3 Å². The van der Waals surface area contributed by atoms with Gasteiger partial charge in [-0.3, -0.25) is 0 Å². The Hall–Kier alpha value is -0.470. The van der Waals surface area contributed by atoms with Crippen LogP contribution in [0.25, 0.3) is 4.38 Å². The molecule has 1 atom stereocenters. The van der Waals surface area contributed by atoms with Crippen molar-refractivity contribution in [1.29, 1.82) is 5.39 Å². The van der Waals surface area contributed by atoms with Gasteiger partial charge in [0.15, 0.2) is 0 Å². The summed E-state index contributed by atoms with van der Waals surface area (Å²) in [6, 6.07) is 0. The van der Waals surface area contributed by atoms with Gasteiger partial charge in [-0.2, -0.15) is 0 Å². The Morgan fingerprint density at radius 1 is 2.00 bits per heavy atom. The lowest BCUT2D eigenvalue weighted by Crippen LogP contribution is -1.67. The summed E-state index contributed by atoms with van der Waals surface area (Å²) in [5.41, 5.74) is 0. The SMILES string of the molecule is N#[N+]S(=O)O. The maximum absolute atomic E-state index is 9.06. The molecule has 5 heavy (non-hydrogen) atoms. The number of hydrogen-bond acceptors (Lipinski definition) is 2. The molecule has 0 heterocycles. The molecule has 0 bridgehead atoms. The number of rotatable bonds is 0. The summed E-state index contributed by atoms with van der Waals surface area (Å²) in [6.45, 7) is 0. The van der Waals surface area contributed by atoms with Gasteiger partial charge in [0, 0.05) is 0 Å². The van der Waals surface area contributed by atoms with E-state index >= 15 is 0 Å². The lowest BCUT2D eigenvalue weighted by molar-refractivity contribution is 0.573. The minimum absolute atomic E-state index is 1.92. The van der Waals surface area contributed by atoms with Crippen molar-refractivity contribution in [2.24, 2.45) is 0 Å². The van der Waals surface area contributed by atoms with E-state index in [1.807, 2.05) is 4.38 Å². The molecule has 0 saturated heterocycles. The maximum Gasteiger partial charge on any atom is 0.618 e. The number of nitrogens with zero attached hydrogens (tertiary/aromatic N) is 2. The first-order valence-electron chi connectivity index (χ1n) is 0.732. The second-order valence-corrected chi connectivity index (χ2v) is 0.937. The molecule has 0 aliphatic rings. The fourth-order valence-corrected chi connectivity index (χ4v) is 0. The van der Waals surface area contributed by atoms with E-state index in [0.717, 1.165) is 0 Å². The van der Waals surface area contributed by atoms with Crippen molar-refractivity contribution in [2.45, 2.75) is 0 Å². The highest BCUT2D eigenvalue weighted by Gasteiger charge is 1.97. The monoisotopic (exact) mass is 93.0 g/mol. The molecule has 0 aromatic carbocycles. The minimum Gasteiger partial charge on any atom is -0.235 e. The molecule has 0 radical (unpaired) electrons. The van der Waals surface area contributed by atoms with Crippen molar-refractivity contribution >= 4 is 11.3 Å². The molecule has 0 saturated carbocycles. The molecule has 5 heteroatoms. The van der Waals surface area contributed by atoms with Crippen molar-refractivity contribution in [3.8, 4) is 0 Å². The van der Waals surface area contributed by atoms with Crippen LogP contribution in [0.1, 0.15) is 0 Å².